The lowest BCUT2D eigenvalue weighted by Gasteiger charge is -2.04. The molecule has 36 heavy (non-hydrogen) atoms. The number of unbranched alkanes of at least 4 members (excludes halogenated alkanes) is 4. The van der Waals surface area contributed by atoms with Crippen molar-refractivity contribution in [3.8, 4) is 0 Å². The quantitative estimate of drug-likeness (QED) is 0.0990. The van der Waals surface area contributed by atoms with Gasteiger partial charge in [-0.3, -0.25) is 4.79 Å². The molecule has 9 nitrogen and oxygen atoms in total. The minimum absolute atomic E-state index is 0.237. The van der Waals surface area contributed by atoms with Crippen molar-refractivity contribution in [2.24, 2.45) is 0 Å². The Morgan fingerprint density at radius 1 is 0.778 bits per heavy atom. The predicted molar refractivity (Wildman–Crippen MR) is 141 cm³/mol. The van der Waals surface area contributed by atoms with Crippen molar-refractivity contribution in [1.29, 1.82) is 0 Å². The van der Waals surface area contributed by atoms with Crippen LogP contribution in [0.4, 0.5) is 0 Å². The van der Waals surface area contributed by atoms with E-state index in [1.54, 1.807) is 6.92 Å². The van der Waals surface area contributed by atoms with E-state index in [2.05, 4.69) is 47.5 Å². The molecule has 0 fully saturated rings. The van der Waals surface area contributed by atoms with E-state index in [0.717, 1.165) is 31.9 Å². The first kappa shape index (κ1) is 39.8. The van der Waals surface area contributed by atoms with E-state index in [1.807, 2.05) is 13.8 Å². The van der Waals surface area contributed by atoms with Gasteiger partial charge < -0.3 is 24.1 Å². The number of rotatable bonds is 14. The third-order valence-electron chi connectivity index (χ3n) is 3.62. The molecule has 0 aromatic heterocycles. The smallest absolute Gasteiger partial charge is 0.372 e. The number of hydrogen-bond acceptors (Lipinski definition) is 9. The first-order chi connectivity index (χ1) is 17.0. The second kappa shape index (κ2) is 31.6. The highest BCUT2D eigenvalue weighted by Gasteiger charge is 2.04. The summed E-state index contributed by atoms with van der Waals surface area (Å²) in [6, 6.07) is 0. The van der Waals surface area contributed by atoms with Crippen LogP contribution in [0, 0.1) is 0 Å². The van der Waals surface area contributed by atoms with Gasteiger partial charge in [0.2, 0.25) is 0 Å². The second-order valence-electron chi connectivity index (χ2n) is 6.82. The monoisotopic (exact) mass is 514 g/mol. The Hall–Kier alpha value is -3.36. The third kappa shape index (κ3) is 37.9. The molecule has 9 heteroatoms. The summed E-state index contributed by atoms with van der Waals surface area (Å²) in [5.41, 5.74) is 0.565. The molecule has 0 aromatic carbocycles. The number of carbonyl (C=O) groups excluding carboxylic acids is 4. The molecule has 0 heterocycles. The zero-order chi connectivity index (χ0) is 28.8. The van der Waals surface area contributed by atoms with Crippen LogP contribution < -0.4 is 0 Å². The highest BCUT2D eigenvalue weighted by Crippen LogP contribution is 2.03. The third-order valence-corrected chi connectivity index (χ3v) is 3.62. The second-order valence-corrected chi connectivity index (χ2v) is 6.82. The molecule has 1 N–H and O–H groups in total. The van der Waals surface area contributed by atoms with Crippen LogP contribution in [0.1, 0.15) is 79.6 Å². The van der Waals surface area contributed by atoms with Gasteiger partial charge in [0.05, 0.1) is 26.1 Å². The van der Waals surface area contributed by atoms with Crippen LogP contribution >= 0.6 is 0 Å². The largest absolute Gasteiger partial charge is 0.502 e. The highest BCUT2D eigenvalue weighted by atomic mass is 16.5. The molecule has 0 saturated carbocycles. The standard InChI is InChI=1S/C11H20O2.C7H12O2.C5H8O3.C4H6O2/c1-4-6-7-8-9-13-11(12)10(3)5-2;1-3-5-6-9-7(8)4-2;1-3-8-5(7)4(2)6;1-3-6-4(2)5/h3-9H2,1-2H3;4H,2-3,5-6H2,1H3;6H,2-3H2,1H3;3H,1H2,2H3. The van der Waals surface area contributed by atoms with Gasteiger partial charge in [-0.15, -0.1) is 0 Å². The van der Waals surface area contributed by atoms with Crippen molar-refractivity contribution in [1.82, 2.24) is 0 Å². The number of carbonyl (C=O) groups is 4. The zero-order valence-corrected chi connectivity index (χ0v) is 22.8. The van der Waals surface area contributed by atoms with Crippen LogP contribution in [0.15, 0.2) is 50.0 Å². The minimum Gasteiger partial charge on any atom is -0.502 e. The van der Waals surface area contributed by atoms with Crippen LogP contribution in [-0.2, 0) is 38.1 Å². The molecular formula is C27H46O9. The van der Waals surface area contributed by atoms with Crippen LogP contribution in [0.5, 0.6) is 0 Å². The Kier molecular flexibility index (Phi) is 35.0. The van der Waals surface area contributed by atoms with Gasteiger partial charge in [-0.05, 0) is 32.8 Å². The molecule has 0 atom stereocenters. The van der Waals surface area contributed by atoms with Crippen LogP contribution in [-0.4, -0.2) is 48.8 Å². The van der Waals surface area contributed by atoms with E-state index in [-0.39, 0.29) is 24.5 Å². The molecule has 0 bridgehead atoms. The lowest BCUT2D eigenvalue weighted by Crippen LogP contribution is -2.07. The molecule has 0 spiro atoms. The number of ether oxygens (including phenoxy) is 4. The maximum Gasteiger partial charge on any atom is 0.372 e. The van der Waals surface area contributed by atoms with Gasteiger partial charge in [0.15, 0.2) is 5.76 Å². The fourth-order valence-electron chi connectivity index (χ4n) is 1.65. The molecule has 0 rings (SSSR count). The van der Waals surface area contributed by atoms with Crippen molar-refractivity contribution in [3.05, 3.63) is 50.0 Å². The Morgan fingerprint density at radius 2 is 1.33 bits per heavy atom. The van der Waals surface area contributed by atoms with Crippen LogP contribution in [0.25, 0.3) is 0 Å². The zero-order valence-electron chi connectivity index (χ0n) is 22.8. The van der Waals surface area contributed by atoms with Gasteiger partial charge in [0.25, 0.3) is 0 Å². The van der Waals surface area contributed by atoms with Crippen molar-refractivity contribution in [2.45, 2.75) is 79.6 Å². The molecule has 0 aliphatic heterocycles. The molecule has 0 radical (unpaired) electrons. The van der Waals surface area contributed by atoms with E-state index < -0.39 is 11.7 Å². The Balaban J connectivity index is -0.000000198. The van der Waals surface area contributed by atoms with Crippen LogP contribution in [0.3, 0.4) is 0 Å². The number of hydrogen-bond donors (Lipinski definition) is 1. The van der Waals surface area contributed by atoms with Gasteiger partial charge in [-0.1, -0.05) is 66.2 Å². The molecule has 0 aliphatic carbocycles. The van der Waals surface area contributed by atoms with Gasteiger partial charge in [0.1, 0.15) is 0 Å². The molecule has 0 amide bonds. The molecule has 0 aliphatic rings. The normalized spacial score (nSPS) is 8.58. The van der Waals surface area contributed by atoms with Crippen molar-refractivity contribution >= 4 is 23.9 Å². The first-order valence-corrected chi connectivity index (χ1v) is 12.0. The maximum atomic E-state index is 11.1. The fraction of sp³-hybridized carbons (Fsp3) is 0.556. The topological polar surface area (TPSA) is 125 Å². The highest BCUT2D eigenvalue weighted by molar-refractivity contribution is 5.87. The molecule has 0 aromatic rings. The fourth-order valence-corrected chi connectivity index (χ4v) is 1.65. The van der Waals surface area contributed by atoms with E-state index in [4.69, 9.17) is 9.84 Å². The molecule has 0 unspecified atom stereocenters. The van der Waals surface area contributed by atoms with Crippen LogP contribution in [0.2, 0.25) is 0 Å². The van der Waals surface area contributed by atoms with Gasteiger partial charge in [0, 0.05) is 18.6 Å². The SMILES string of the molecule is C=C(CC)C(=O)OCCCCCC.C=C(O)C(=O)OCC.C=CC(=O)OCCCC.C=COC(C)=O. The van der Waals surface area contributed by atoms with E-state index in [1.165, 1.54) is 25.8 Å². The summed E-state index contributed by atoms with van der Waals surface area (Å²) in [7, 11) is 0. The Morgan fingerprint density at radius 3 is 1.67 bits per heavy atom. The number of aliphatic hydroxyl groups is 1. The predicted octanol–water partition coefficient (Wildman–Crippen LogP) is 5.91. The van der Waals surface area contributed by atoms with E-state index >= 15 is 0 Å². The minimum atomic E-state index is -0.757. The summed E-state index contributed by atoms with van der Waals surface area (Å²) >= 11 is 0. The summed E-state index contributed by atoms with van der Waals surface area (Å²) < 4.78 is 18.2. The Labute approximate surface area is 216 Å². The summed E-state index contributed by atoms with van der Waals surface area (Å²) in [6.45, 7) is 23.4. The summed E-state index contributed by atoms with van der Waals surface area (Å²) in [5.74, 6) is -2.20. The van der Waals surface area contributed by atoms with Gasteiger partial charge >= 0.3 is 23.9 Å². The average Bonchev–Trinajstić information content (AvgIpc) is 2.84. The van der Waals surface area contributed by atoms with E-state index in [9.17, 15) is 19.2 Å². The van der Waals surface area contributed by atoms with Crippen molar-refractivity contribution < 1.29 is 43.2 Å². The molecular weight excluding hydrogens is 468 g/mol. The first-order valence-electron chi connectivity index (χ1n) is 12.0. The lowest BCUT2D eigenvalue weighted by molar-refractivity contribution is -0.141. The number of esters is 4. The average molecular weight is 515 g/mol. The lowest BCUT2D eigenvalue weighted by atomic mass is 10.2. The van der Waals surface area contributed by atoms with Crippen molar-refractivity contribution in [3.63, 3.8) is 0 Å². The van der Waals surface area contributed by atoms with Gasteiger partial charge in [-0.2, -0.15) is 0 Å². The summed E-state index contributed by atoms with van der Waals surface area (Å²) in [4.78, 5) is 41.4. The van der Waals surface area contributed by atoms with Gasteiger partial charge in [-0.25, -0.2) is 14.4 Å². The molecule has 0 saturated heterocycles. The number of aliphatic hydroxyl groups excluding tert-OH is 1. The summed E-state index contributed by atoms with van der Waals surface area (Å²) in [5, 5.41) is 8.28. The van der Waals surface area contributed by atoms with Crippen molar-refractivity contribution in [2.75, 3.05) is 19.8 Å². The Bertz CT molecular complexity index is 652. The molecule has 208 valence electrons. The maximum absolute atomic E-state index is 11.1. The van der Waals surface area contributed by atoms with E-state index in [0.29, 0.717) is 25.2 Å². The summed E-state index contributed by atoms with van der Waals surface area (Å²) in [6.07, 6.45) is 9.45.